The first-order valence-electron chi connectivity index (χ1n) is 7.74. The van der Waals surface area contributed by atoms with E-state index in [-0.39, 0.29) is 11.5 Å². The van der Waals surface area contributed by atoms with Gasteiger partial charge in [0.15, 0.2) is 11.5 Å². The summed E-state index contributed by atoms with van der Waals surface area (Å²) in [7, 11) is 3.17. The topological polar surface area (TPSA) is 71.3 Å². The van der Waals surface area contributed by atoms with Crippen LogP contribution in [0, 0.1) is 18.3 Å². The van der Waals surface area contributed by atoms with Crippen molar-refractivity contribution in [3.63, 3.8) is 0 Å². The van der Waals surface area contributed by atoms with Gasteiger partial charge in [0.1, 0.15) is 11.6 Å². The van der Waals surface area contributed by atoms with Crippen molar-refractivity contribution in [2.24, 2.45) is 0 Å². The van der Waals surface area contributed by atoms with Gasteiger partial charge in [0.25, 0.3) is 5.91 Å². The third-order valence-electron chi connectivity index (χ3n) is 3.69. The van der Waals surface area contributed by atoms with Gasteiger partial charge in [-0.15, -0.1) is 11.3 Å². The molecule has 2 aromatic rings. The average Bonchev–Trinajstić information content (AvgIpc) is 3.03. The summed E-state index contributed by atoms with van der Waals surface area (Å²) in [5.74, 6) is 0.948. The molecule has 1 N–H and O–H groups in total. The van der Waals surface area contributed by atoms with Crippen LogP contribution in [0.3, 0.4) is 0 Å². The fourth-order valence-corrected chi connectivity index (χ4v) is 3.12. The number of hydrogen-bond donors (Lipinski definition) is 1. The molecule has 0 bridgehead atoms. The van der Waals surface area contributed by atoms with Crippen LogP contribution in [-0.4, -0.2) is 26.7 Å². The molecule has 0 saturated heterocycles. The highest BCUT2D eigenvalue weighted by Crippen LogP contribution is 2.27. The zero-order valence-corrected chi connectivity index (χ0v) is 15.3. The van der Waals surface area contributed by atoms with Gasteiger partial charge in [-0.1, -0.05) is 6.07 Å². The number of ether oxygens (including phenoxy) is 2. The molecule has 1 heterocycles. The van der Waals surface area contributed by atoms with Crippen molar-refractivity contribution in [3.05, 3.63) is 51.2 Å². The minimum absolute atomic E-state index is 0.109. The van der Waals surface area contributed by atoms with Crippen molar-refractivity contribution in [2.75, 3.05) is 20.8 Å². The number of nitrogens with zero attached hydrogens (tertiary/aromatic N) is 1. The SMILES string of the molecule is COc1ccc(CCNC(=O)C(C#N)=Cc2sccc2C)cc1OC. The number of nitrogens with one attached hydrogen (secondary N) is 1. The molecular weight excluding hydrogens is 336 g/mol. The maximum atomic E-state index is 12.2. The van der Waals surface area contributed by atoms with E-state index >= 15 is 0 Å². The molecule has 0 aliphatic heterocycles. The van der Waals surface area contributed by atoms with Crippen LogP contribution in [0.2, 0.25) is 0 Å². The molecule has 5 nitrogen and oxygen atoms in total. The quantitative estimate of drug-likeness (QED) is 0.610. The van der Waals surface area contributed by atoms with E-state index in [1.54, 1.807) is 20.3 Å². The minimum atomic E-state index is -0.365. The molecule has 25 heavy (non-hydrogen) atoms. The van der Waals surface area contributed by atoms with E-state index < -0.39 is 0 Å². The molecule has 0 fully saturated rings. The number of rotatable bonds is 7. The summed E-state index contributed by atoms with van der Waals surface area (Å²) in [5.41, 5.74) is 2.17. The van der Waals surface area contributed by atoms with Crippen molar-refractivity contribution in [1.82, 2.24) is 5.32 Å². The Kier molecular flexibility index (Phi) is 6.61. The number of carbonyl (C=O) groups is 1. The molecule has 0 unspecified atom stereocenters. The Balaban J connectivity index is 1.97. The van der Waals surface area contributed by atoms with E-state index in [1.165, 1.54) is 11.3 Å². The molecule has 0 aliphatic carbocycles. The Labute approximate surface area is 151 Å². The van der Waals surface area contributed by atoms with Crippen molar-refractivity contribution in [2.45, 2.75) is 13.3 Å². The second-order valence-electron chi connectivity index (χ2n) is 5.33. The van der Waals surface area contributed by atoms with Gasteiger partial charge in [0.2, 0.25) is 0 Å². The summed E-state index contributed by atoms with van der Waals surface area (Å²) in [6.45, 7) is 2.38. The van der Waals surface area contributed by atoms with E-state index in [0.717, 1.165) is 16.0 Å². The van der Waals surface area contributed by atoms with Crippen LogP contribution < -0.4 is 14.8 Å². The van der Waals surface area contributed by atoms with Crippen molar-refractivity contribution >= 4 is 23.3 Å². The molecular formula is C19H20N2O3S. The maximum Gasteiger partial charge on any atom is 0.261 e. The summed E-state index contributed by atoms with van der Waals surface area (Å²) in [4.78, 5) is 13.1. The van der Waals surface area contributed by atoms with Gasteiger partial charge < -0.3 is 14.8 Å². The van der Waals surface area contributed by atoms with Gasteiger partial charge in [0.05, 0.1) is 14.2 Å². The number of nitriles is 1. The number of benzene rings is 1. The Hall–Kier alpha value is -2.78. The Bertz CT molecular complexity index is 818. The highest BCUT2D eigenvalue weighted by atomic mass is 32.1. The van der Waals surface area contributed by atoms with Crippen LogP contribution in [0.15, 0.2) is 35.2 Å². The second kappa shape index (κ2) is 8.90. The number of carbonyl (C=O) groups excluding carboxylic acids is 1. The number of methoxy groups -OCH3 is 2. The second-order valence-corrected chi connectivity index (χ2v) is 6.28. The third-order valence-corrected chi connectivity index (χ3v) is 4.66. The maximum absolute atomic E-state index is 12.2. The number of hydrogen-bond acceptors (Lipinski definition) is 5. The fraction of sp³-hybridized carbons (Fsp3) is 0.263. The Morgan fingerprint density at radius 3 is 2.64 bits per heavy atom. The Morgan fingerprint density at radius 2 is 2.04 bits per heavy atom. The minimum Gasteiger partial charge on any atom is -0.493 e. The lowest BCUT2D eigenvalue weighted by molar-refractivity contribution is -0.117. The van der Waals surface area contributed by atoms with Crippen LogP contribution in [0.5, 0.6) is 11.5 Å². The molecule has 130 valence electrons. The van der Waals surface area contributed by atoms with Crippen molar-refractivity contribution in [1.29, 1.82) is 5.26 Å². The van der Waals surface area contributed by atoms with Crippen LogP contribution in [0.25, 0.3) is 6.08 Å². The molecule has 6 heteroatoms. The van der Waals surface area contributed by atoms with Crippen LogP contribution in [-0.2, 0) is 11.2 Å². The summed E-state index contributed by atoms with van der Waals surface area (Å²) in [5, 5.41) is 13.9. The molecule has 1 aromatic heterocycles. The molecule has 0 saturated carbocycles. The van der Waals surface area contributed by atoms with Crippen LogP contribution in [0.4, 0.5) is 0 Å². The van der Waals surface area contributed by atoms with Gasteiger partial charge in [-0.25, -0.2) is 0 Å². The first-order chi connectivity index (χ1) is 12.1. The average molecular weight is 356 g/mol. The lowest BCUT2D eigenvalue weighted by Crippen LogP contribution is -2.26. The zero-order valence-electron chi connectivity index (χ0n) is 14.5. The highest BCUT2D eigenvalue weighted by Gasteiger charge is 2.10. The van der Waals surface area contributed by atoms with E-state index in [1.807, 2.05) is 42.6 Å². The smallest absolute Gasteiger partial charge is 0.261 e. The summed E-state index contributed by atoms with van der Waals surface area (Å²) in [6, 6.07) is 9.55. The van der Waals surface area contributed by atoms with E-state index in [0.29, 0.717) is 24.5 Å². The standard InChI is InChI=1S/C19H20N2O3S/c1-13-7-9-25-18(13)11-15(12-20)19(22)21-8-6-14-4-5-16(23-2)17(10-14)24-3/h4-5,7,9-11H,6,8H2,1-3H3,(H,21,22). The van der Waals surface area contributed by atoms with Gasteiger partial charge in [-0.2, -0.15) is 5.26 Å². The predicted octanol–water partition coefficient (Wildman–Crippen LogP) is 3.34. The van der Waals surface area contributed by atoms with Crippen LogP contribution in [0.1, 0.15) is 16.0 Å². The van der Waals surface area contributed by atoms with E-state index in [2.05, 4.69) is 5.32 Å². The molecule has 0 aliphatic rings. The molecule has 2 rings (SSSR count). The van der Waals surface area contributed by atoms with Crippen molar-refractivity contribution in [3.8, 4) is 17.6 Å². The molecule has 1 amide bonds. The van der Waals surface area contributed by atoms with Gasteiger partial charge in [-0.05, 0) is 54.1 Å². The lowest BCUT2D eigenvalue weighted by Gasteiger charge is -2.10. The molecule has 0 atom stereocenters. The van der Waals surface area contributed by atoms with E-state index in [4.69, 9.17) is 9.47 Å². The van der Waals surface area contributed by atoms with Gasteiger partial charge in [-0.3, -0.25) is 4.79 Å². The molecule has 1 aromatic carbocycles. The van der Waals surface area contributed by atoms with Gasteiger partial charge >= 0.3 is 0 Å². The fourth-order valence-electron chi connectivity index (χ4n) is 2.26. The lowest BCUT2D eigenvalue weighted by atomic mass is 10.1. The number of amides is 1. The Morgan fingerprint density at radius 1 is 1.28 bits per heavy atom. The summed E-state index contributed by atoms with van der Waals surface area (Å²) >= 11 is 1.51. The normalized spacial score (nSPS) is 10.9. The van der Waals surface area contributed by atoms with Crippen molar-refractivity contribution < 1.29 is 14.3 Å². The van der Waals surface area contributed by atoms with Gasteiger partial charge in [0, 0.05) is 11.4 Å². The first-order valence-corrected chi connectivity index (χ1v) is 8.62. The molecule has 0 radical (unpaired) electrons. The zero-order chi connectivity index (χ0) is 18.2. The number of thiophene rings is 1. The number of aryl methyl sites for hydroxylation is 1. The van der Waals surface area contributed by atoms with E-state index in [9.17, 15) is 10.1 Å². The summed E-state index contributed by atoms with van der Waals surface area (Å²) in [6.07, 6.45) is 2.26. The molecule has 0 spiro atoms. The first kappa shape index (κ1) is 18.6. The van der Waals surface area contributed by atoms with Crippen LogP contribution >= 0.6 is 11.3 Å². The highest BCUT2D eigenvalue weighted by molar-refractivity contribution is 7.11. The largest absolute Gasteiger partial charge is 0.493 e. The third kappa shape index (κ3) is 4.85. The summed E-state index contributed by atoms with van der Waals surface area (Å²) < 4.78 is 10.5. The predicted molar refractivity (Wildman–Crippen MR) is 98.9 cm³/mol. The monoisotopic (exact) mass is 356 g/mol.